The average Bonchev–Trinajstić information content (AvgIpc) is 3.00. The SMILES string of the molecule is CC1(C)NC(=O)N(CCC(=O)OCC(=O)N(CCc2ccccc2)Cc2ccccc2)C1=O. The highest BCUT2D eigenvalue weighted by Gasteiger charge is 2.44. The summed E-state index contributed by atoms with van der Waals surface area (Å²) in [5, 5.41) is 2.56. The van der Waals surface area contributed by atoms with Crippen LogP contribution in [0.25, 0.3) is 0 Å². The third-order valence-electron chi connectivity index (χ3n) is 5.42. The van der Waals surface area contributed by atoms with Gasteiger partial charge in [0.05, 0.1) is 6.42 Å². The molecule has 0 saturated carbocycles. The van der Waals surface area contributed by atoms with Gasteiger partial charge >= 0.3 is 12.0 Å². The van der Waals surface area contributed by atoms with Gasteiger partial charge in [0.15, 0.2) is 6.61 Å². The maximum absolute atomic E-state index is 12.8. The molecule has 0 atom stereocenters. The van der Waals surface area contributed by atoms with Crippen LogP contribution in [-0.4, -0.2) is 58.8 Å². The van der Waals surface area contributed by atoms with E-state index in [1.165, 1.54) is 0 Å². The fourth-order valence-corrected chi connectivity index (χ4v) is 3.53. The smallest absolute Gasteiger partial charge is 0.325 e. The second-order valence-electron chi connectivity index (χ2n) is 8.46. The second-order valence-corrected chi connectivity index (χ2v) is 8.46. The minimum Gasteiger partial charge on any atom is -0.456 e. The number of ether oxygens (including phenoxy) is 1. The molecular formula is C25H29N3O5. The van der Waals surface area contributed by atoms with Gasteiger partial charge in [-0.15, -0.1) is 0 Å². The number of hydrogen-bond acceptors (Lipinski definition) is 5. The molecule has 3 rings (SSSR count). The first-order chi connectivity index (χ1) is 15.8. The minimum absolute atomic E-state index is 0.0944. The van der Waals surface area contributed by atoms with Crippen LogP contribution in [0.4, 0.5) is 4.79 Å². The van der Waals surface area contributed by atoms with Gasteiger partial charge in [-0.2, -0.15) is 0 Å². The molecule has 33 heavy (non-hydrogen) atoms. The van der Waals surface area contributed by atoms with Gasteiger partial charge in [0, 0.05) is 19.6 Å². The Hall–Kier alpha value is -3.68. The zero-order chi connectivity index (χ0) is 23.8. The Bertz CT molecular complexity index is 992. The van der Waals surface area contributed by atoms with Crippen molar-refractivity contribution < 1.29 is 23.9 Å². The molecule has 0 radical (unpaired) electrons. The summed E-state index contributed by atoms with van der Waals surface area (Å²) < 4.78 is 5.16. The number of nitrogens with zero attached hydrogens (tertiary/aromatic N) is 2. The van der Waals surface area contributed by atoms with Gasteiger partial charge < -0.3 is 15.0 Å². The molecule has 8 nitrogen and oxygen atoms in total. The molecule has 2 aromatic carbocycles. The van der Waals surface area contributed by atoms with Gasteiger partial charge in [-0.25, -0.2) is 4.79 Å². The number of nitrogens with one attached hydrogen (secondary N) is 1. The van der Waals surface area contributed by atoms with Crippen LogP contribution in [0.5, 0.6) is 0 Å². The summed E-state index contributed by atoms with van der Waals surface area (Å²) in [6, 6.07) is 18.9. The van der Waals surface area contributed by atoms with Crippen LogP contribution in [-0.2, 0) is 32.1 Å². The number of carbonyl (C=O) groups is 4. The van der Waals surface area contributed by atoms with Crippen molar-refractivity contribution in [1.29, 1.82) is 0 Å². The molecule has 4 amide bonds. The van der Waals surface area contributed by atoms with Crippen molar-refractivity contribution in [3.8, 4) is 0 Å². The predicted octanol–water partition coefficient (Wildman–Crippen LogP) is 2.52. The molecule has 2 aromatic rings. The Kier molecular flexibility index (Phi) is 7.82. The molecular weight excluding hydrogens is 422 g/mol. The molecule has 1 fully saturated rings. The van der Waals surface area contributed by atoms with Crippen LogP contribution in [0.1, 0.15) is 31.4 Å². The third kappa shape index (κ3) is 6.65. The van der Waals surface area contributed by atoms with E-state index in [0.717, 1.165) is 16.0 Å². The minimum atomic E-state index is -0.992. The maximum Gasteiger partial charge on any atom is 0.325 e. The van der Waals surface area contributed by atoms with Crippen molar-refractivity contribution in [2.75, 3.05) is 19.7 Å². The van der Waals surface area contributed by atoms with E-state index < -0.39 is 30.1 Å². The van der Waals surface area contributed by atoms with Crippen LogP contribution in [0.3, 0.4) is 0 Å². The number of rotatable bonds is 10. The zero-order valence-electron chi connectivity index (χ0n) is 19.0. The monoisotopic (exact) mass is 451 g/mol. The fourth-order valence-electron chi connectivity index (χ4n) is 3.53. The van der Waals surface area contributed by atoms with E-state index in [-0.39, 0.29) is 18.9 Å². The molecule has 0 unspecified atom stereocenters. The summed E-state index contributed by atoms with van der Waals surface area (Å²) in [5.41, 5.74) is 1.09. The fraction of sp³-hybridized carbons (Fsp3) is 0.360. The van der Waals surface area contributed by atoms with Crippen LogP contribution in [0.15, 0.2) is 60.7 Å². The van der Waals surface area contributed by atoms with E-state index in [9.17, 15) is 19.2 Å². The number of benzene rings is 2. The lowest BCUT2D eigenvalue weighted by molar-refractivity contribution is -0.152. The second kappa shape index (κ2) is 10.8. The van der Waals surface area contributed by atoms with Gasteiger partial charge in [0.25, 0.3) is 11.8 Å². The van der Waals surface area contributed by atoms with Gasteiger partial charge in [0.1, 0.15) is 5.54 Å². The van der Waals surface area contributed by atoms with E-state index in [4.69, 9.17) is 4.74 Å². The number of amides is 4. The quantitative estimate of drug-likeness (QED) is 0.442. The molecule has 0 aromatic heterocycles. The lowest BCUT2D eigenvalue weighted by Gasteiger charge is -2.23. The highest BCUT2D eigenvalue weighted by molar-refractivity contribution is 6.06. The summed E-state index contributed by atoms with van der Waals surface area (Å²) in [4.78, 5) is 51.8. The van der Waals surface area contributed by atoms with Crippen molar-refractivity contribution in [2.24, 2.45) is 0 Å². The summed E-state index contributed by atoms with van der Waals surface area (Å²) >= 11 is 0. The summed E-state index contributed by atoms with van der Waals surface area (Å²) in [6.07, 6.45) is 0.501. The van der Waals surface area contributed by atoms with Crippen molar-refractivity contribution in [1.82, 2.24) is 15.1 Å². The maximum atomic E-state index is 12.8. The Morgan fingerprint density at radius 1 is 0.970 bits per heavy atom. The van der Waals surface area contributed by atoms with Crippen molar-refractivity contribution >= 4 is 23.8 Å². The van der Waals surface area contributed by atoms with Crippen molar-refractivity contribution in [2.45, 2.75) is 38.8 Å². The first-order valence-corrected chi connectivity index (χ1v) is 10.9. The van der Waals surface area contributed by atoms with Crippen LogP contribution < -0.4 is 5.32 Å². The van der Waals surface area contributed by atoms with E-state index >= 15 is 0 Å². The lowest BCUT2D eigenvalue weighted by atomic mass is 10.1. The van der Waals surface area contributed by atoms with E-state index in [2.05, 4.69) is 5.32 Å². The zero-order valence-corrected chi connectivity index (χ0v) is 19.0. The summed E-state index contributed by atoms with van der Waals surface area (Å²) in [6.45, 7) is 3.59. The highest BCUT2D eigenvalue weighted by Crippen LogP contribution is 2.16. The predicted molar refractivity (Wildman–Crippen MR) is 122 cm³/mol. The van der Waals surface area contributed by atoms with Crippen LogP contribution in [0, 0.1) is 0 Å². The molecule has 8 heteroatoms. The first kappa shape index (κ1) is 24.0. The Morgan fingerprint density at radius 3 is 2.15 bits per heavy atom. The lowest BCUT2D eigenvalue weighted by Crippen LogP contribution is -2.40. The summed E-state index contributed by atoms with van der Waals surface area (Å²) in [5.74, 6) is -1.35. The van der Waals surface area contributed by atoms with Gasteiger partial charge in [0.2, 0.25) is 0 Å². The third-order valence-corrected chi connectivity index (χ3v) is 5.42. The Labute approximate surface area is 193 Å². The van der Waals surface area contributed by atoms with Crippen LogP contribution >= 0.6 is 0 Å². The molecule has 0 aliphatic carbocycles. The number of hydrogen-bond donors (Lipinski definition) is 1. The normalized spacial score (nSPS) is 14.7. The molecule has 174 valence electrons. The number of esters is 1. The largest absolute Gasteiger partial charge is 0.456 e. The van der Waals surface area contributed by atoms with E-state index in [1.807, 2.05) is 60.7 Å². The number of imide groups is 1. The first-order valence-electron chi connectivity index (χ1n) is 10.9. The van der Waals surface area contributed by atoms with Gasteiger partial charge in [-0.3, -0.25) is 19.3 Å². The topological polar surface area (TPSA) is 96.0 Å². The van der Waals surface area contributed by atoms with Crippen molar-refractivity contribution in [3.05, 3.63) is 71.8 Å². The van der Waals surface area contributed by atoms with E-state index in [1.54, 1.807) is 18.7 Å². The molecule has 1 saturated heterocycles. The molecule has 1 aliphatic rings. The van der Waals surface area contributed by atoms with Gasteiger partial charge in [-0.05, 0) is 31.4 Å². The molecule has 1 N–H and O–H groups in total. The van der Waals surface area contributed by atoms with E-state index in [0.29, 0.717) is 19.5 Å². The Morgan fingerprint density at radius 2 is 1.58 bits per heavy atom. The molecule has 0 bridgehead atoms. The molecule has 1 heterocycles. The summed E-state index contributed by atoms with van der Waals surface area (Å²) in [7, 11) is 0. The highest BCUT2D eigenvalue weighted by atomic mass is 16.5. The molecule has 1 aliphatic heterocycles. The number of urea groups is 1. The average molecular weight is 452 g/mol. The van der Waals surface area contributed by atoms with Gasteiger partial charge in [-0.1, -0.05) is 60.7 Å². The standard InChI is InChI=1S/C25H29N3O5/c1-25(2)23(31)28(24(32)26-25)16-14-22(30)33-18-21(29)27(17-20-11-7-4-8-12-20)15-13-19-9-5-3-6-10-19/h3-12H,13-18H2,1-2H3,(H,26,32). The van der Waals surface area contributed by atoms with Crippen LogP contribution in [0.2, 0.25) is 0 Å². The Balaban J connectivity index is 1.53. The number of carbonyl (C=O) groups excluding carboxylic acids is 4. The molecule has 0 spiro atoms. The van der Waals surface area contributed by atoms with Crippen molar-refractivity contribution in [3.63, 3.8) is 0 Å².